The molecule has 0 radical (unpaired) electrons. The number of hydrogen-bond acceptors (Lipinski definition) is 9. The van der Waals surface area contributed by atoms with E-state index in [4.69, 9.17) is 4.74 Å². The van der Waals surface area contributed by atoms with Crippen LogP contribution in [-0.4, -0.2) is 57.3 Å². The Balaban J connectivity index is 1.84. The van der Waals surface area contributed by atoms with E-state index >= 15 is 0 Å². The molecule has 2 aromatic rings. The molecule has 0 bridgehead atoms. The predicted molar refractivity (Wildman–Crippen MR) is 106 cm³/mol. The Labute approximate surface area is 169 Å². The van der Waals surface area contributed by atoms with E-state index in [0.717, 1.165) is 11.3 Å². The third-order valence-corrected chi connectivity index (χ3v) is 5.47. The standard InChI is InChI=1S/C16H19N5O5S2/c1-3-20(4-2)14(23)10-27-16-19-18-15(28-16)17-13(22)9-26-12-8-6-5-7-11(12)21(24)25/h5-8H,3-4,9-10H2,1-2H3,(H,17,18,22). The fourth-order valence-electron chi connectivity index (χ4n) is 2.14. The van der Waals surface area contributed by atoms with Crippen molar-refractivity contribution in [2.24, 2.45) is 0 Å². The van der Waals surface area contributed by atoms with Crippen LogP contribution in [0, 0.1) is 10.1 Å². The molecule has 1 aromatic heterocycles. The minimum Gasteiger partial charge on any atom is -0.477 e. The third-order valence-electron chi connectivity index (χ3n) is 3.51. The van der Waals surface area contributed by atoms with E-state index < -0.39 is 17.4 Å². The lowest BCUT2D eigenvalue weighted by atomic mass is 10.3. The lowest BCUT2D eigenvalue weighted by Gasteiger charge is -2.17. The van der Waals surface area contributed by atoms with E-state index in [1.165, 1.54) is 30.0 Å². The van der Waals surface area contributed by atoms with Crippen molar-refractivity contribution in [2.75, 3.05) is 30.8 Å². The lowest BCUT2D eigenvalue weighted by molar-refractivity contribution is -0.385. The summed E-state index contributed by atoms with van der Waals surface area (Å²) in [6.07, 6.45) is 0. The molecule has 0 saturated heterocycles. The molecule has 1 aromatic carbocycles. The van der Waals surface area contributed by atoms with Crippen molar-refractivity contribution in [3.8, 4) is 5.75 Å². The van der Waals surface area contributed by atoms with Crippen LogP contribution >= 0.6 is 23.1 Å². The lowest BCUT2D eigenvalue weighted by Crippen LogP contribution is -2.31. The normalized spacial score (nSPS) is 10.4. The Hall–Kier alpha value is -2.73. The zero-order valence-corrected chi connectivity index (χ0v) is 16.9. The quantitative estimate of drug-likeness (QED) is 0.266. The average molecular weight is 425 g/mol. The molecule has 2 amide bonds. The molecule has 0 fully saturated rings. The molecule has 2 rings (SSSR count). The van der Waals surface area contributed by atoms with E-state index in [-0.39, 0.29) is 28.2 Å². The van der Waals surface area contributed by atoms with Crippen molar-refractivity contribution in [2.45, 2.75) is 18.2 Å². The van der Waals surface area contributed by atoms with Crippen LogP contribution in [0.2, 0.25) is 0 Å². The molecule has 0 atom stereocenters. The molecule has 28 heavy (non-hydrogen) atoms. The highest BCUT2D eigenvalue weighted by Gasteiger charge is 2.16. The summed E-state index contributed by atoms with van der Waals surface area (Å²) in [5.74, 6) is -0.268. The van der Waals surface area contributed by atoms with Gasteiger partial charge in [-0.2, -0.15) is 0 Å². The highest BCUT2D eigenvalue weighted by atomic mass is 32.2. The van der Waals surface area contributed by atoms with Gasteiger partial charge in [0.1, 0.15) is 0 Å². The SMILES string of the molecule is CCN(CC)C(=O)CSc1nnc(NC(=O)COc2ccccc2[N+](=O)[O-])s1. The van der Waals surface area contributed by atoms with Gasteiger partial charge in [0.15, 0.2) is 16.7 Å². The number of hydrogen-bond donors (Lipinski definition) is 1. The molecular formula is C16H19N5O5S2. The molecule has 0 aliphatic carbocycles. The Morgan fingerprint density at radius 3 is 2.68 bits per heavy atom. The number of nitro benzene ring substituents is 1. The molecule has 1 heterocycles. The van der Waals surface area contributed by atoms with E-state index in [2.05, 4.69) is 15.5 Å². The summed E-state index contributed by atoms with van der Waals surface area (Å²) in [6.45, 7) is 4.71. The summed E-state index contributed by atoms with van der Waals surface area (Å²) in [4.78, 5) is 36.0. The smallest absolute Gasteiger partial charge is 0.310 e. The molecule has 1 N–H and O–H groups in total. The predicted octanol–water partition coefficient (Wildman–Crippen LogP) is 2.42. The number of anilines is 1. The number of ether oxygens (including phenoxy) is 1. The molecule has 12 heteroatoms. The third kappa shape index (κ3) is 6.16. The fraction of sp³-hybridized carbons (Fsp3) is 0.375. The number of rotatable bonds is 10. The van der Waals surface area contributed by atoms with Gasteiger partial charge in [-0.05, 0) is 19.9 Å². The van der Waals surface area contributed by atoms with Crippen LogP contribution in [-0.2, 0) is 9.59 Å². The number of amides is 2. The number of nitrogens with zero attached hydrogens (tertiary/aromatic N) is 4. The summed E-state index contributed by atoms with van der Waals surface area (Å²) in [5, 5.41) is 21.5. The van der Waals surface area contributed by atoms with Crippen molar-refractivity contribution >= 4 is 45.7 Å². The van der Waals surface area contributed by atoms with Gasteiger partial charge in [-0.15, -0.1) is 10.2 Å². The summed E-state index contributed by atoms with van der Waals surface area (Å²) >= 11 is 2.38. The number of benzene rings is 1. The molecule has 10 nitrogen and oxygen atoms in total. The van der Waals surface area contributed by atoms with Gasteiger partial charge in [0.2, 0.25) is 11.0 Å². The van der Waals surface area contributed by atoms with Gasteiger partial charge >= 0.3 is 5.69 Å². The summed E-state index contributed by atoms with van der Waals surface area (Å²) in [5.41, 5.74) is -0.220. The molecule has 0 saturated carbocycles. The van der Waals surface area contributed by atoms with E-state index in [0.29, 0.717) is 17.4 Å². The van der Waals surface area contributed by atoms with Crippen LogP contribution in [0.3, 0.4) is 0 Å². The van der Waals surface area contributed by atoms with Gasteiger partial charge in [0.25, 0.3) is 5.91 Å². The van der Waals surface area contributed by atoms with Crippen LogP contribution < -0.4 is 10.1 Å². The monoisotopic (exact) mass is 425 g/mol. The van der Waals surface area contributed by atoms with Crippen molar-refractivity contribution in [3.05, 3.63) is 34.4 Å². The number of thioether (sulfide) groups is 1. The Bertz CT molecular complexity index is 840. The molecule has 0 spiro atoms. The zero-order valence-electron chi connectivity index (χ0n) is 15.3. The maximum absolute atomic E-state index is 12.0. The second-order valence-electron chi connectivity index (χ2n) is 5.29. The van der Waals surface area contributed by atoms with Crippen LogP contribution in [0.1, 0.15) is 13.8 Å². The summed E-state index contributed by atoms with van der Waals surface area (Å²) < 4.78 is 5.77. The van der Waals surface area contributed by atoms with Crippen LogP contribution in [0.4, 0.5) is 10.8 Å². The van der Waals surface area contributed by atoms with Crippen molar-refractivity contribution in [1.29, 1.82) is 0 Å². The Morgan fingerprint density at radius 2 is 2.00 bits per heavy atom. The molecule has 150 valence electrons. The van der Waals surface area contributed by atoms with Gasteiger partial charge in [0, 0.05) is 19.2 Å². The largest absolute Gasteiger partial charge is 0.477 e. The van der Waals surface area contributed by atoms with Crippen LogP contribution in [0.25, 0.3) is 0 Å². The summed E-state index contributed by atoms with van der Waals surface area (Å²) in [6, 6.07) is 5.80. The minimum absolute atomic E-state index is 0.00562. The van der Waals surface area contributed by atoms with E-state index in [1.54, 1.807) is 11.0 Å². The summed E-state index contributed by atoms with van der Waals surface area (Å²) in [7, 11) is 0. The second kappa shape index (κ2) is 10.6. The highest BCUT2D eigenvalue weighted by molar-refractivity contribution is 8.01. The van der Waals surface area contributed by atoms with Crippen LogP contribution in [0.15, 0.2) is 28.6 Å². The number of carbonyl (C=O) groups is 2. The first-order valence-corrected chi connectivity index (χ1v) is 10.1. The number of aromatic nitrogens is 2. The molecule has 0 aliphatic heterocycles. The number of para-hydroxylation sites is 2. The Kier molecular flexibility index (Phi) is 8.14. The first-order valence-electron chi connectivity index (χ1n) is 8.34. The minimum atomic E-state index is -0.582. The first kappa shape index (κ1) is 21.6. The van der Waals surface area contributed by atoms with E-state index in [1.807, 2.05) is 13.8 Å². The number of nitro groups is 1. The number of nitrogens with one attached hydrogen (secondary N) is 1. The topological polar surface area (TPSA) is 128 Å². The van der Waals surface area contributed by atoms with Crippen molar-refractivity contribution < 1.29 is 19.2 Å². The van der Waals surface area contributed by atoms with Crippen molar-refractivity contribution in [1.82, 2.24) is 15.1 Å². The maximum atomic E-state index is 12.0. The highest BCUT2D eigenvalue weighted by Crippen LogP contribution is 2.27. The van der Waals surface area contributed by atoms with Gasteiger partial charge in [-0.3, -0.25) is 25.0 Å². The van der Waals surface area contributed by atoms with Gasteiger partial charge in [0.05, 0.1) is 10.7 Å². The molecular weight excluding hydrogens is 406 g/mol. The van der Waals surface area contributed by atoms with Crippen LogP contribution in [0.5, 0.6) is 5.75 Å². The van der Waals surface area contributed by atoms with Crippen molar-refractivity contribution in [3.63, 3.8) is 0 Å². The fourth-order valence-corrected chi connectivity index (χ4v) is 3.81. The van der Waals surface area contributed by atoms with Gasteiger partial charge < -0.3 is 9.64 Å². The first-order chi connectivity index (χ1) is 13.4. The maximum Gasteiger partial charge on any atom is 0.310 e. The number of carbonyl (C=O) groups excluding carboxylic acids is 2. The van der Waals surface area contributed by atoms with Gasteiger partial charge in [-0.25, -0.2) is 0 Å². The van der Waals surface area contributed by atoms with Gasteiger partial charge in [-0.1, -0.05) is 35.2 Å². The molecule has 0 unspecified atom stereocenters. The zero-order chi connectivity index (χ0) is 20.5. The average Bonchev–Trinajstić information content (AvgIpc) is 3.13. The second-order valence-corrected chi connectivity index (χ2v) is 7.49. The van der Waals surface area contributed by atoms with E-state index in [9.17, 15) is 19.7 Å². The Morgan fingerprint density at radius 1 is 1.29 bits per heavy atom. The molecule has 0 aliphatic rings.